The minimum absolute atomic E-state index is 0.154. The fraction of sp³-hybridized carbons (Fsp3) is 0.571. The molecule has 6 heteroatoms. The van der Waals surface area contributed by atoms with Crippen LogP contribution in [0.25, 0.3) is 0 Å². The molecule has 0 bridgehead atoms. The highest BCUT2D eigenvalue weighted by molar-refractivity contribution is 5.97. The van der Waals surface area contributed by atoms with Crippen LogP contribution in [-0.4, -0.2) is 48.4 Å². The Kier molecular flexibility index (Phi) is 6.61. The molecule has 2 N–H and O–H groups in total. The highest BCUT2D eigenvalue weighted by atomic mass is 16.2. The van der Waals surface area contributed by atoms with E-state index in [1.54, 1.807) is 36.2 Å². The lowest BCUT2D eigenvalue weighted by Gasteiger charge is -2.41. The average molecular weight is 370 g/mol. The van der Waals surface area contributed by atoms with E-state index in [9.17, 15) is 14.9 Å². The number of amides is 2. The van der Waals surface area contributed by atoms with Gasteiger partial charge in [0.15, 0.2) is 0 Å². The molecule has 1 atom stereocenters. The van der Waals surface area contributed by atoms with E-state index in [-0.39, 0.29) is 17.2 Å². The molecule has 0 saturated carbocycles. The summed E-state index contributed by atoms with van der Waals surface area (Å²) < 4.78 is 0. The van der Waals surface area contributed by atoms with Gasteiger partial charge in [-0.05, 0) is 49.9 Å². The van der Waals surface area contributed by atoms with Crippen molar-refractivity contribution in [3.63, 3.8) is 0 Å². The summed E-state index contributed by atoms with van der Waals surface area (Å²) in [7, 11) is 1.68. The Morgan fingerprint density at radius 3 is 2.37 bits per heavy atom. The van der Waals surface area contributed by atoms with E-state index in [1.165, 1.54) is 0 Å². The Bertz CT molecular complexity index is 697. The molecule has 0 radical (unpaired) electrons. The number of nitrogens with zero attached hydrogens (tertiary/aromatic N) is 2. The van der Waals surface area contributed by atoms with Crippen LogP contribution in [-0.2, 0) is 4.79 Å². The van der Waals surface area contributed by atoms with Crippen molar-refractivity contribution in [2.45, 2.75) is 51.6 Å². The molecule has 1 aromatic carbocycles. The molecule has 27 heavy (non-hydrogen) atoms. The predicted octanol–water partition coefficient (Wildman–Crippen LogP) is 2.33. The van der Waals surface area contributed by atoms with Gasteiger partial charge in [0.1, 0.15) is 11.6 Å². The molecule has 0 spiro atoms. The molecule has 1 aromatic rings. The van der Waals surface area contributed by atoms with Crippen molar-refractivity contribution in [1.29, 1.82) is 5.26 Å². The second-order valence-electron chi connectivity index (χ2n) is 8.45. The molecule has 1 unspecified atom stereocenters. The molecule has 1 saturated heterocycles. The maximum atomic E-state index is 13.3. The van der Waals surface area contributed by atoms with Crippen LogP contribution in [0, 0.1) is 16.7 Å². The molecule has 2 amide bonds. The number of carbonyl (C=O) groups excluding carboxylic acids is 2. The second-order valence-corrected chi connectivity index (χ2v) is 8.45. The lowest BCUT2D eigenvalue weighted by Crippen LogP contribution is -2.59. The van der Waals surface area contributed by atoms with Crippen molar-refractivity contribution in [2.75, 3.05) is 20.1 Å². The van der Waals surface area contributed by atoms with Crippen LogP contribution >= 0.6 is 0 Å². The highest BCUT2D eigenvalue weighted by Gasteiger charge is 2.41. The van der Waals surface area contributed by atoms with Crippen molar-refractivity contribution in [3.05, 3.63) is 35.9 Å². The molecule has 6 nitrogen and oxygen atoms in total. The summed E-state index contributed by atoms with van der Waals surface area (Å²) in [5, 5.41) is 15.9. The zero-order valence-corrected chi connectivity index (χ0v) is 16.7. The van der Waals surface area contributed by atoms with E-state index in [1.807, 2.05) is 26.8 Å². The van der Waals surface area contributed by atoms with E-state index < -0.39 is 11.6 Å². The van der Waals surface area contributed by atoms with Crippen LogP contribution in [0.2, 0.25) is 0 Å². The summed E-state index contributed by atoms with van der Waals surface area (Å²) in [5.41, 5.74) is -0.460. The van der Waals surface area contributed by atoms with E-state index in [0.29, 0.717) is 37.9 Å². The molecule has 1 aliphatic rings. The number of hydrogen-bond donors (Lipinski definition) is 2. The first-order valence-corrected chi connectivity index (χ1v) is 9.44. The van der Waals surface area contributed by atoms with Crippen LogP contribution in [0.5, 0.6) is 0 Å². The number of nitriles is 1. The molecular weight excluding hydrogens is 340 g/mol. The highest BCUT2D eigenvalue weighted by Crippen LogP contribution is 2.28. The van der Waals surface area contributed by atoms with E-state index >= 15 is 0 Å². The van der Waals surface area contributed by atoms with Crippen LogP contribution < -0.4 is 10.6 Å². The minimum atomic E-state index is -0.823. The topological polar surface area (TPSA) is 85.2 Å². The van der Waals surface area contributed by atoms with Crippen LogP contribution in [0.4, 0.5) is 0 Å². The van der Waals surface area contributed by atoms with Gasteiger partial charge in [-0.25, -0.2) is 0 Å². The van der Waals surface area contributed by atoms with Gasteiger partial charge in [0.25, 0.3) is 5.91 Å². The van der Waals surface area contributed by atoms with Crippen LogP contribution in [0.1, 0.15) is 50.4 Å². The Morgan fingerprint density at radius 1 is 1.26 bits per heavy atom. The second kappa shape index (κ2) is 8.53. The van der Waals surface area contributed by atoms with Gasteiger partial charge in [0.05, 0.1) is 6.07 Å². The summed E-state index contributed by atoms with van der Waals surface area (Å²) in [5.74, 6) is -0.486. The molecule has 1 aliphatic heterocycles. The summed E-state index contributed by atoms with van der Waals surface area (Å²) in [6, 6.07) is 10.6. The Hall–Kier alpha value is -2.39. The van der Waals surface area contributed by atoms with E-state index in [2.05, 4.69) is 16.7 Å². The molecule has 0 aromatic heterocycles. The third kappa shape index (κ3) is 5.30. The Balaban J connectivity index is 2.23. The van der Waals surface area contributed by atoms with Gasteiger partial charge in [-0.3, -0.25) is 9.59 Å². The number of rotatable bonds is 5. The van der Waals surface area contributed by atoms with Crippen LogP contribution in [0.3, 0.4) is 0 Å². The SMILES string of the molecule is CN(C(=O)C(CC(C)(C)C)NC(=O)c1ccccc1)C1(C#N)CCNCC1. The first-order chi connectivity index (χ1) is 12.7. The van der Waals surface area contributed by atoms with Gasteiger partial charge in [-0.2, -0.15) is 5.26 Å². The first-order valence-electron chi connectivity index (χ1n) is 9.44. The maximum absolute atomic E-state index is 13.3. The molecular formula is C21H30N4O2. The predicted molar refractivity (Wildman–Crippen MR) is 105 cm³/mol. The largest absolute Gasteiger partial charge is 0.340 e. The maximum Gasteiger partial charge on any atom is 0.251 e. The first kappa shape index (κ1) is 20.9. The van der Waals surface area contributed by atoms with Gasteiger partial charge in [0, 0.05) is 12.6 Å². The normalized spacial score (nSPS) is 17.4. The molecule has 1 fully saturated rings. The fourth-order valence-electron chi connectivity index (χ4n) is 3.45. The van der Waals surface area contributed by atoms with Crippen molar-refractivity contribution in [1.82, 2.24) is 15.5 Å². The summed E-state index contributed by atoms with van der Waals surface area (Å²) >= 11 is 0. The van der Waals surface area contributed by atoms with Gasteiger partial charge < -0.3 is 15.5 Å². The van der Waals surface area contributed by atoms with Crippen molar-refractivity contribution in [2.24, 2.45) is 5.41 Å². The third-order valence-electron chi connectivity index (χ3n) is 5.07. The average Bonchev–Trinajstić information content (AvgIpc) is 2.66. The zero-order valence-electron chi connectivity index (χ0n) is 16.7. The Morgan fingerprint density at radius 2 is 1.85 bits per heavy atom. The molecule has 146 valence electrons. The Labute approximate surface area is 161 Å². The smallest absolute Gasteiger partial charge is 0.251 e. The van der Waals surface area contributed by atoms with Gasteiger partial charge in [0.2, 0.25) is 5.91 Å². The van der Waals surface area contributed by atoms with Gasteiger partial charge in [-0.1, -0.05) is 39.0 Å². The fourth-order valence-corrected chi connectivity index (χ4v) is 3.45. The number of hydrogen-bond acceptors (Lipinski definition) is 4. The van der Waals surface area contributed by atoms with Crippen LogP contribution in [0.15, 0.2) is 30.3 Å². The third-order valence-corrected chi connectivity index (χ3v) is 5.07. The summed E-state index contributed by atoms with van der Waals surface area (Å²) in [6.07, 6.45) is 1.66. The summed E-state index contributed by atoms with van der Waals surface area (Å²) in [4.78, 5) is 27.5. The number of carbonyl (C=O) groups is 2. The number of piperidine rings is 1. The van der Waals surface area contributed by atoms with Crippen molar-refractivity contribution < 1.29 is 9.59 Å². The van der Waals surface area contributed by atoms with Crippen molar-refractivity contribution in [3.8, 4) is 6.07 Å². The van der Waals surface area contributed by atoms with Gasteiger partial charge >= 0.3 is 0 Å². The van der Waals surface area contributed by atoms with E-state index in [4.69, 9.17) is 0 Å². The van der Waals surface area contributed by atoms with Crippen molar-refractivity contribution >= 4 is 11.8 Å². The minimum Gasteiger partial charge on any atom is -0.340 e. The lowest BCUT2D eigenvalue weighted by atomic mass is 9.84. The number of benzene rings is 1. The quantitative estimate of drug-likeness (QED) is 0.833. The molecule has 2 rings (SSSR count). The summed E-state index contributed by atoms with van der Waals surface area (Å²) in [6.45, 7) is 7.50. The monoisotopic (exact) mass is 370 g/mol. The zero-order chi connectivity index (χ0) is 20.1. The lowest BCUT2D eigenvalue weighted by molar-refractivity contribution is -0.137. The number of likely N-dealkylation sites (N-methyl/N-ethyl adjacent to an activating group) is 1. The van der Waals surface area contributed by atoms with E-state index in [0.717, 1.165) is 0 Å². The molecule has 0 aliphatic carbocycles. The standard InChI is InChI=1S/C21H30N4O2/c1-20(2,3)14-17(24-18(26)16-8-6-5-7-9-16)19(27)25(4)21(15-22)10-12-23-13-11-21/h5-9,17,23H,10-14H2,1-4H3,(H,24,26). The van der Waals surface area contributed by atoms with Gasteiger partial charge in [-0.15, -0.1) is 0 Å². The molecule has 1 heterocycles. The number of nitrogens with one attached hydrogen (secondary N) is 2.